The minimum absolute atomic E-state index is 0.102. The van der Waals surface area contributed by atoms with Crippen molar-refractivity contribution in [2.24, 2.45) is 0 Å². The number of alkyl halides is 3. The fourth-order valence-corrected chi connectivity index (χ4v) is 1.28. The van der Waals surface area contributed by atoms with E-state index < -0.39 is 20.0 Å². The third kappa shape index (κ3) is 1.77. The molecule has 6 heteroatoms. The van der Waals surface area contributed by atoms with E-state index in [1.165, 1.54) is 0 Å². The van der Waals surface area contributed by atoms with E-state index >= 15 is 0 Å². The summed E-state index contributed by atoms with van der Waals surface area (Å²) in [4.78, 5) is 3.54. The maximum atomic E-state index is 12.4. The van der Waals surface area contributed by atoms with Crippen LogP contribution in [-0.4, -0.2) is 4.98 Å². The Morgan fingerprint density at radius 1 is 1.07 bits per heavy atom. The largest absolute Gasteiger partial charge is 0.397 e. The average Bonchev–Trinajstić information content (AvgIpc) is 2.21. The number of anilines is 1. The summed E-state index contributed by atoms with van der Waals surface area (Å²) in [7, 11) is 0. The fraction of sp³-hybridized carbons (Fsp3) is 0.375. The Hall–Kier alpha value is -0.970. The Labute approximate surface area is 83.9 Å². The Balaban J connectivity index is 3.38. The zero-order chi connectivity index (χ0) is 10.7. The number of nitrogen functional groups attached to an aromatic ring is 1. The van der Waals surface area contributed by atoms with Crippen LogP contribution < -0.4 is 5.73 Å². The molecule has 0 fully saturated rings. The van der Waals surface area contributed by atoms with Crippen molar-refractivity contribution in [2.75, 3.05) is 5.73 Å². The van der Waals surface area contributed by atoms with E-state index in [1.54, 1.807) is 0 Å². The number of halogens is 4. The number of hydrogen-bond acceptors (Lipinski definition) is 2. The lowest BCUT2D eigenvalue weighted by Gasteiger charge is -2.10. The molecule has 0 spiro atoms. The standard InChI is InChI=1S/C8H8ClF3N2/c9-7-6(3-12)14-5(2-11)4(1-10)8(7)13/h1-3H2,(H2,13,14). The molecule has 1 aromatic heterocycles. The van der Waals surface area contributed by atoms with Gasteiger partial charge >= 0.3 is 0 Å². The summed E-state index contributed by atoms with van der Waals surface area (Å²) in [5.74, 6) is 0. The average molecular weight is 225 g/mol. The molecule has 2 N–H and O–H groups in total. The molecule has 0 aliphatic heterocycles. The molecule has 0 atom stereocenters. The van der Waals surface area contributed by atoms with Gasteiger partial charge in [-0.3, -0.25) is 4.98 Å². The quantitative estimate of drug-likeness (QED) is 0.858. The molecule has 0 aliphatic rings. The van der Waals surface area contributed by atoms with Crippen molar-refractivity contribution in [3.05, 3.63) is 22.0 Å². The Kier molecular flexibility index (Phi) is 3.57. The van der Waals surface area contributed by atoms with E-state index in [0.29, 0.717) is 0 Å². The highest BCUT2D eigenvalue weighted by Crippen LogP contribution is 2.29. The summed E-state index contributed by atoms with van der Waals surface area (Å²) >= 11 is 5.59. The van der Waals surface area contributed by atoms with Crippen molar-refractivity contribution in [2.45, 2.75) is 20.0 Å². The van der Waals surface area contributed by atoms with Gasteiger partial charge in [0.05, 0.1) is 22.1 Å². The Bertz CT molecular complexity index is 344. The van der Waals surface area contributed by atoms with Gasteiger partial charge in [0.15, 0.2) is 0 Å². The molecule has 14 heavy (non-hydrogen) atoms. The maximum absolute atomic E-state index is 12.4. The predicted molar refractivity (Wildman–Crippen MR) is 48.1 cm³/mol. The lowest BCUT2D eigenvalue weighted by molar-refractivity contribution is 0.438. The topological polar surface area (TPSA) is 38.9 Å². The fourth-order valence-electron chi connectivity index (χ4n) is 1.07. The zero-order valence-electron chi connectivity index (χ0n) is 7.16. The van der Waals surface area contributed by atoms with Gasteiger partial charge in [-0.05, 0) is 0 Å². The second-order valence-corrected chi connectivity index (χ2v) is 2.99. The van der Waals surface area contributed by atoms with Gasteiger partial charge in [0.2, 0.25) is 0 Å². The highest BCUT2D eigenvalue weighted by molar-refractivity contribution is 6.33. The number of aromatic nitrogens is 1. The van der Waals surface area contributed by atoms with Crippen LogP contribution in [0, 0.1) is 0 Å². The van der Waals surface area contributed by atoms with Crippen molar-refractivity contribution < 1.29 is 13.2 Å². The van der Waals surface area contributed by atoms with Crippen LogP contribution in [0.4, 0.5) is 18.9 Å². The molecule has 0 unspecified atom stereocenters. The van der Waals surface area contributed by atoms with Crippen LogP contribution in [0.25, 0.3) is 0 Å². The summed E-state index contributed by atoms with van der Waals surface area (Å²) < 4.78 is 37.1. The molecule has 0 radical (unpaired) electrons. The minimum atomic E-state index is -0.992. The molecule has 0 aliphatic carbocycles. The highest BCUT2D eigenvalue weighted by Gasteiger charge is 2.15. The molecule has 0 saturated carbocycles. The number of nitrogens with zero attached hydrogens (tertiary/aromatic N) is 1. The van der Waals surface area contributed by atoms with E-state index in [4.69, 9.17) is 17.3 Å². The van der Waals surface area contributed by atoms with Crippen LogP contribution in [0.2, 0.25) is 5.02 Å². The first-order valence-electron chi connectivity index (χ1n) is 3.79. The van der Waals surface area contributed by atoms with Gasteiger partial charge in [0.1, 0.15) is 20.0 Å². The van der Waals surface area contributed by atoms with Crippen LogP contribution in [0.15, 0.2) is 0 Å². The van der Waals surface area contributed by atoms with Crippen molar-refractivity contribution in [3.63, 3.8) is 0 Å². The number of nitrogens with two attached hydrogens (primary N) is 1. The summed E-state index contributed by atoms with van der Waals surface area (Å²) in [6.07, 6.45) is 0. The normalized spacial score (nSPS) is 10.6. The maximum Gasteiger partial charge on any atom is 0.133 e. The Morgan fingerprint density at radius 3 is 2.07 bits per heavy atom. The molecule has 2 nitrogen and oxygen atoms in total. The summed E-state index contributed by atoms with van der Waals surface area (Å²) in [6.45, 7) is -2.92. The lowest BCUT2D eigenvalue weighted by atomic mass is 10.1. The molecule has 1 rings (SSSR count). The van der Waals surface area contributed by atoms with Crippen molar-refractivity contribution in [1.29, 1.82) is 0 Å². The molecule has 0 amide bonds. The van der Waals surface area contributed by atoms with Gasteiger partial charge in [0, 0.05) is 5.56 Å². The molecular formula is C8H8ClF3N2. The molecular weight excluding hydrogens is 217 g/mol. The summed E-state index contributed by atoms with van der Waals surface area (Å²) in [6, 6.07) is 0. The van der Waals surface area contributed by atoms with Crippen LogP contribution in [-0.2, 0) is 20.0 Å². The summed E-state index contributed by atoms with van der Waals surface area (Å²) in [5.41, 5.74) is 4.81. The van der Waals surface area contributed by atoms with Crippen LogP contribution in [0.3, 0.4) is 0 Å². The van der Waals surface area contributed by atoms with Crippen LogP contribution >= 0.6 is 11.6 Å². The SMILES string of the molecule is Nc1c(Cl)c(CF)nc(CF)c1CF. The van der Waals surface area contributed by atoms with Gasteiger partial charge in [-0.15, -0.1) is 0 Å². The van der Waals surface area contributed by atoms with E-state index in [9.17, 15) is 13.2 Å². The van der Waals surface area contributed by atoms with E-state index in [-0.39, 0.29) is 27.7 Å². The van der Waals surface area contributed by atoms with Gasteiger partial charge in [0.25, 0.3) is 0 Å². The third-order valence-corrected chi connectivity index (χ3v) is 2.24. The van der Waals surface area contributed by atoms with E-state index in [0.717, 1.165) is 0 Å². The molecule has 78 valence electrons. The number of hydrogen-bond donors (Lipinski definition) is 1. The molecule has 1 heterocycles. The van der Waals surface area contributed by atoms with Gasteiger partial charge < -0.3 is 5.73 Å². The van der Waals surface area contributed by atoms with E-state index in [2.05, 4.69) is 4.98 Å². The second kappa shape index (κ2) is 4.50. The van der Waals surface area contributed by atoms with Gasteiger partial charge in [-0.25, -0.2) is 13.2 Å². The molecule has 1 aromatic rings. The van der Waals surface area contributed by atoms with Gasteiger partial charge in [-0.1, -0.05) is 11.6 Å². The predicted octanol–water partition coefficient (Wildman–Crippen LogP) is 2.73. The Morgan fingerprint density at radius 2 is 1.64 bits per heavy atom. The van der Waals surface area contributed by atoms with Crippen molar-refractivity contribution >= 4 is 17.3 Å². The molecule has 0 saturated heterocycles. The van der Waals surface area contributed by atoms with Crippen molar-refractivity contribution in [1.82, 2.24) is 4.98 Å². The first-order valence-corrected chi connectivity index (χ1v) is 4.17. The number of pyridine rings is 1. The minimum Gasteiger partial charge on any atom is -0.397 e. The van der Waals surface area contributed by atoms with Crippen LogP contribution in [0.1, 0.15) is 17.0 Å². The summed E-state index contributed by atoms with van der Waals surface area (Å²) in [5, 5.41) is -0.141. The molecule has 0 bridgehead atoms. The zero-order valence-corrected chi connectivity index (χ0v) is 7.91. The third-order valence-electron chi connectivity index (χ3n) is 1.82. The molecule has 0 aromatic carbocycles. The van der Waals surface area contributed by atoms with Gasteiger partial charge in [-0.2, -0.15) is 0 Å². The highest BCUT2D eigenvalue weighted by atomic mass is 35.5. The lowest BCUT2D eigenvalue weighted by Crippen LogP contribution is -2.05. The smallest absolute Gasteiger partial charge is 0.133 e. The first-order chi connectivity index (χ1) is 6.65. The monoisotopic (exact) mass is 224 g/mol. The van der Waals surface area contributed by atoms with Crippen LogP contribution in [0.5, 0.6) is 0 Å². The second-order valence-electron chi connectivity index (χ2n) is 2.61. The van der Waals surface area contributed by atoms with Crippen molar-refractivity contribution in [3.8, 4) is 0 Å². The first kappa shape index (κ1) is 11.1. The number of rotatable bonds is 3. The van der Waals surface area contributed by atoms with E-state index in [1.807, 2.05) is 0 Å².